The van der Waals surface area contributed by atoms with E-state index >= 15 is 0 Å². The van der Waals surface area contributed by atoms with E-state index in [2.05, 4.69) is 37.4 Å². The molecule has 4 heteroatoms. The van der Waals surface area contributed by atoms with Crippen LogP contribution in [0.4, 0.5) is 0 Å². The van der Waals surface area contributed by atoms with E-state index in [1.165, 1.54) is 11.3 Å². The van der Waals surface area contributed by atoms with Crippen LogP contribution in [0.1, 0.15) is 37.1 Å². The number of rotatable bonds is 4. The third-order valence-corrected chi connectivity index (χ3v) is 4.03. The summed E-state index contributed by atoms with van der Waals surface area (Å²) in [4.78, 5) is 14.7. The molecule has 0 spiro atoms. The second-order valence-electron chi connectivity index (χ2n) is 4.88. The molecule has 1 aromatic heterocycles. The first-order chi connectivity index (χ1) is 8.71. The minimum absolute atomic E-state index is 0.163. The average Bonchev–Trinajstić information content (AvgIpc) is 2.41. The van der Waals surface area contributed by atoms with Crippen LogP contribution in [0.15, 0.2) is 10.9 Å². The van der Waals surface area contributed by atoms with E-state index in [1.54, 1.807) is 0 Å². The minimum Gasteiger partial charge on any atom is -0.312 e. The summed E-state index contributed by atoms with van der Waals surface area (Å²) >= 11 is 4.28. The normalized spacial score (nSPS) is 15.7. The quantitative estimate of drug-likeness (QED) is 0.844. The molecule has 0 unspecified atom stereocenters. The van der Waals surface area contributed by atoms with Crippen molar-refractivity contribution in [3.8, 4) is 0 Å². The van der Waals surface area contributed by atoms with Gasteiger partial charge in [-0.15, -0.1) is 0 Å². The Hall–Kier alpha value is -0.740. The van der Waals surface area contributed by atoms with Gasteiger partial charge < -0.3 is 4.57 Å². The molecule has 0 bridgehead atoms. The smallest absolute Gasteiger partial charge is 0.254 e. The molecular weight excluding hydrogens is 244 g/mol. The summed E-state index contributed by atoms with van der Waals surface area (Å²) in [6.45, 7) is 8.24. The predicted molar refractivity (Wildman–Crippen MR) is 78.3 cm³/mol. The van der Waals surface area contributed by atoms with Crippen molar-refractivity contribution in [1.29, 1.82) is 0 Å². The van der Waals surface area contributed by atoms with Gasteiger partial charge >= 0.3 is 0 Å². The van der Waals surface area contributed by atoms with E-state index in [-0.39, 0.29) is 5.56 Å². The van der Waals surface area contributed by atoms with Crippen LogP contribution in [-0.2, 0) is 25.3 Å². The molecule has 0 aliphatic carbocycles. The Labute approximate surface area is 114 Å². The Morgan fingerprint density at radius 1 is 1.39 bits per heavy atom. The number of hydrogen-bond donors (Lipinski definition) is 1. The van der Waals surface area contributed by atoms with Gasteiger partial charge in [-0.1, -0.05) is 13.8 Å². The lowest BCUT2D eigenvalue weighted by Gasteiger charge is -2.30. The molecule has 0 amide bonds. The summed E-state index contributed by atoms with van der Waals surface area (Å²) in [5.74, 6) is 0.530. The molecule has 0 fully saturated rings. The summed E-state index contributed by atoms with van der Waals surface area (Å²) in [5, 5.41) is 0. The number of pyridine rings is 1. The van der Waals surface area contributed by atoms with Crippen molar-refractivity contribution in [1.82, 2.24) is 9.47 Å². The van der Waals surface area contributed by atoms with Gasteiger partial charge in [-0.3, -0.25) is 9.69 Å². The number of aromatic nitrogens is 1. The molecule has 0 radical (unpaired) electrons. The van der Waals surface area contributed by atoms with Crippen LogP contribution in [0.25, 0.3) is 0 Å². The van der Waals surface area contributed by atoms with Crippen LogP contribution < -0.4 is 5.56 Å². The Bertz CT molecular complexity index is 481. The third-order valence-electron chi connectivity index (χ3n) is 3.69. The summed E-state index contributed by atoms with van der Waals surface area (Å²) in [6, 6.07) is 2.07. The lowest BCUT2D eigenvalue weighted by atomic mass is 10.0. The minimum atomic E-state index is 0.163. The first kappa shape index (κ1) is 13.7. The zero-order chi connectivity index (χ0) is 13.1. The highest BCUT2D eigenvalue weighted by molar-refractivity contribution is 7.79. The fourth-order valence-corrected chi connectivity index (χ4v) is 2.91. The van der Waals surface area contributed by atoms with Crippen molar-refractivity contribution in [3.63, 3.8) is 0 Å². The lowest BCUT2D eigenvalue weighted by Crippen LogP contribution is -2.36. The van der Waals surface area contributed by atoms with Crippen molar-refractivity contribution >= 4 is 12.6 Å². The molecule has 0 N–H and O–H groups in total. The van der Waals surface area contributed by atoms with Crippen LogP contribution in [0.5, 0.6) is 0 Å². The molecule has 1 aliphatic heterocycles. The van der Waals surface area contributed by atoms with Gasteiger partial charge in [0.2, 0.25) is 0 Å². The molecule has 0 aromatic carbocycles. The van der Waals surface area contributed by atoms with Crippen molar-refractivity contribution in [2.24, 2.45) is 0 Å². The molecular formula is C14H22N2OS. The number of nitrogens with zero attached hydrogens (tertiary/aromatic N) is 2. The molecule has 18 heavy (non-hydrogen) atoms. The number of hydrogen-bond acceptors (Lipinski definition) is 3. The highest BCUT2D eigenvalue weighted by atomic mass is 32.1. The van der Waals surface area contributed by atoms with Crippen LogP contribution in [0.2, 0.25) is 0 Å². The van der Waals surface area contributed by atoms with Gasteiger partial charge in [0.1, 0.15) is 0 Å². The fraction of sp³-hybridized carbons (Fsp3) is 0.643. The molecule has 0 saturated heterocycles. The molecule has 2 rings (SSSR count). The topological polar surface area (TPSA) is 25.2 Å². The standard InChI is InChI=1S/C14H22N2OS/c1-3-6-16-13-5-7-15(4-2)9-11(13)8-12(10-18)14(16)17/h8,18H,3-7,9-10H2,1-2H3. The zero-order valence-electron chi connectivity index (χ0n) is 11.3. The Balaban J connectivity index is 2.49. The maximum Gasteiger partial charge on any atom is 0.254 e. The SMILES string of the molecule is CCCn1c2c(cc(CS)c1=O)CN(CC)CC2. The molecule has 2 heterocycles. The average molecular weight is 266 g/mol. The predicted octanol–water partition coefficient (Wildman–Crippen LogP) is 2.07. The largest absolute Gasteiger partial charge is 0.312 e. The third kappa shape index (κ3) is 2.50. The van der Waals surface area contributed by atoms with Crippen molar-refractivity contribution in [3.05, 3.63) is 33.2 Å². The maximum atomic E-state index is 12.3. The van der Waals surface area contributed by atoms with Gasteiger partial charge in [0.05, 0.1) is 0 Å². The molecule has 1 aliphatic rings. The van der Waals surface area contributed by atoms with Crippen molar-refractivity contribution in [2.75, 3.05) is 13.1 Å². The van der Waals surface area contributed by atoms with Gasteiger partial charge in [-0.2, -0.15) is 12.6 Å². The van der Waals surface area contributed by atoms with E-state index in [0.717, 1.165) is 44.6 Å². The maximum absolute atomic E-state index is 12.3. The number of fused-ring (bicyclic) bond motifs is 1. The second kappa shape index (κ2) is 5.93. The Morgan fingerprint density at radius 3 is 2.78 bits per heavy atom. The van der Waals surface area contributed by atoms with Gasteiger partial charge in [0.25, 0.3) is 5.56 Å². The van der Waals surface area contributed by atoms with E-state index in [1.807, 2.05) is 4.57 Å². The summed E-state index contributed by atoms with van der Waals surface area (Å²) in [5.41, 5.74) is 3.57. The fourth-order valence-electron chi connectivity index (χ4n) is 2.68. The van der Waals surface area contributed by atoms with Gasteiger partial charge in [-0.25, -0.2) is 0 Å². The first-order valence-electron chi connectivity index (χ1n) is 6.78. The molecule has 1 aromatic rings. The number of likely N-dealkylation sites (N-methyl/N-ethyl adjacent to an activating group) is 1. The van der Waals surface area contributed by atoms with Crippen molar-refractivity contribution < 1.29 is 0 Å². The van der Waals surface area contributed by atoms with Gasteiger partial charge in [-0.05, 0) is 24.6 Å². The summed E-state index contributed by atoms with van der Waals surface area (Å²) < 4.78 is 1.98. The lowest BCUT2D eigenvalue weighted by molar-refractivity contribution is 0.261. The van der Waals surface area contributed by atoms with Crippen LogP contribution in [0, 0.1) is 0 Å². The molecule has 3 nitrogen and oxygen atoms in total. The van der Waals surface area contributed by atoms with Crippen LogP contribution >= 0.6 is 12.6 Å². The van der Waals surface area contributed by atoms with Crippen molar-refractivity contribution in [2.45, 2.75) is 45.5 Å². The summed E-state index contributed by atoms with van der Waals surface area (Å²) in [6.07, 6.45) is 1.99. The van der Waals surface area contributed by atoms with Crippen LogP contribution in [0.3, 0.4) is 0 Å². The molecule has 0 atom stereocenters. The molecule has 0 saturated carbocycles. The van der Waals surface area contributed by atoms with E-state index in [4.69, 9.17) is 0 Å². The zero-order valence-corrected chi connectivity index (χ0v) is 12.2. The monoisotopic (exact) mass is 266 g/mol. The highest BCUT2D eigenvalue weighted by Crippen LogP contribution is 2.19. The Morgan fingerprint density at radius 2 is 2.17 bits per heavy atom. The summed E-state index contributed by atoms with van der Waals surface area (Å²) in [7, 11) is 0. The van der Waals surface area contributed by atoms with E-state index in [0.29, 0.717) is 5.75 Å². The van der Waals surface area contributed by atoms with Crippen LogP contribution in [-0.4, -0.2) is 22.6 Å². The van der Waals surface area contributed by atoms with Gasteiger partial charge in [0.15, 0.2) is 0 Å². The number of thiol groups is 1. The Kier molecular flexibility index (Phi) is 4.51. The van der Waals surface area contributed by atoms with Gasteiger partial charge in [0, 0.05) is 43.1 Å². The first-order valence-corrected chi connectivity index (χ1v) is 7.42. The van der Waals surface area contributed by atoms with E-state index < -0.39 is 0 Å². The van der Waals surface area contributed by atoms with E-state index in [9.17, 15) is 4.79 Å². The second-order valence-corrected chi connectivity index (χ2v) is 5.19. The highest BCUT2D eigenvalue weighted by Gasteiger charge is 2.20. The molecule has 100 valence electrons.